The lowest BCUT2D eigenvalue weighted by Gasteiger charge is -2.18. The highest BCUT2D eigenvalue weighted by Gasteiger charge is 2.53. The summed E-state index contributed by atoms with van der Waals surface area (Å²) in [5.41, 5.74) is 6.21. The number of rotatable bonds is 3. The number of amides is 1. The largest absolute Gasteiger partial charge is 0.481 e. The summed E-state index contributed by atoms with van der Waals surface area (Å²) < 4.78 is 0. The van der Waals surface area contributed by atoms with E-state index < -0.39 is 42.6 Å². The minimum Gasteiger partial charge on any atom is -0.481 e. The summed E-state index contributed by atoms with van der Waals surface area (Å²) in [6, 6.07) is -1.53. The van der Waals surface area contributed by atoms with Crippen molar-refractivity contribution in [1.82, 2.24) is 4.90 Å². The molecule has 0 bridgehead atoms. The first-order valence-electron chi connectivity index (χ1n) is 4.36. The van der Waals surface area contributed by atoms with E-state index in [9.17, 15) is 14.4 Å². The lowest BCUT2D eigenvalue weighted by atomic mass is 9.97. The molecule has 0 spiro atoms. The van der Waals surface area contributed by atoms with Gasteiger partial charge in [-0.1, -0.05) is 5.11 Å². The van der Waals surface area contributed by atoms with Crippen molar-refractivity contribution in [2.45, 2.75) is 18.0 Å². The van der Waals surface area contributed by atoms with Gasteiger partial charge in [0.05, 0.1) is 0 Å². The number of carbonyl (C=O) groups is 3. The van der Waals surface area contributed by atoms with Gasteiger partial charge in [-0.3, -0.25) is 9.69 Å². The zero-order valence-corrected chi connectivity index (χ0v) is 8.35. The maximum Gasteiger partial charge on any atom is 0.408 e. The van der Waals surface area contributed by atoms with E-state index in [1.165, 1.54) is 0 Å². The molecule has 1 heterocycles. The minimum absolute atomic E-state index is 0.436. The van der Waals surface area contributed by atoms with Crippen molar-refractivity contribution in [3.63, 3.8) is 0 Å². The number of likely N-dealkylation sites (tertiary alicyclic amines) is 1. The van der Waals surface area contributed by atoms with E-state index in [1.54, 1.807) is 0 Å². The van der Waals surface area contributed by atoms with E-state index in [2.05, 4.69) is 10.0 Å². The Morgan fingerprint density at radius 1 is 1.35 bits per heavy atom. The van der Waals surface area contributed by atoms with Crippen LogP contribution in [0.4, 0.5) is 4.79 Å². The Labute approximate surface area is 93.7 Å². The molecule has 1 amide bonds. The Morgan fingerprint density at radius 3 is 2.24 bits per heavy atom. The summed E-state index contributed by atoms with van der Waals surface area (Å²) in [5.74, 6) is -3.03. The molecule has 1 aliphatic heterocycles. The van der Waals surface area contributed by atoms with E-state index in [1.807, 2.05) is 0 Å². The molecule has 0 aliphatic carbocycles. The maximum atomic E-state index is 11.0. The summed E-state index contributed by atoms with van der Waals surface area (Å²) in [7, 11) is 0. The van der Waals surface area contributed by atoms with Gasteiger partial charge >= 0.3 is 18.0 Å². The number of azide groups is 1. The molecule has 10 heteroatoms. The van der Waals surface area contributed by atoms with Gasteiger partial charge in [-0.15, -0.1) is 0 Å². The standard InChI is InChI=1S/C7H8N4O6/c8-10-9-7(5(14)15)1-3(4(12)13)11(2-7)6(16)17/h3H,1-2H2,(H,12,13)(H,14,15)(H,16,17)/t3-,7+/m0/s1. The van der Waals surface area contributed by atoms with Crippen LogP contribution in [0.5, 0.6) is 0 Å². The summed E-state index contributed by atoms with van der Waals surface area (Å²) in [6.45, 7) is -0.682. The molecule has 10 nitrogen and oxygen atoms in total. The van der Waals surface area contributed by atoms with Crippen molar-refractivity contribution in [3.8, 4) is 0 Å². The molecule has 0 aromatic rings. The first-order chi connectivity index (χ1) is 7.84. The van der Waals surface area contributed by atoms with E-state index in [4.69, 9.17) is 20.9 Å². The highest BCUT2D eigenvalue weighted by Crippen LogP contribution is 2.31. The summed E-state index contributed by atoms with van der Waals surface area (Å²) >= 11 is 0. The van der Waals surface area contributed by atoms with Crippen molar-refractivity contribution in [1.29, 1.82) is 0 Å². The zero-order chi connectivity index (χ0) is 13.2. The summed E-state index contributed by atoms with van der Waals surface area (Å²) in [6.07, 6.45) is -2.16. The lowest BCUT2D eigenvalue weighted by molar-refractivity contribution is -0.142. The van der Waals surface area contributed by atoms with Crippen molar-refractivity contribution in [3.05, 3.63) is 10.4 Å². The maximum absolute atomic E-state index is 11.0. The second-order valence-electron chi connectivity index (χ2n) is 3.49. The molecule has 1 rings (SSSR count). The third kappa shape index (κ3) is 2.06. The molecule has 1 fully saturated rings. The smallest absolute Gasteiger partial charge is 0.408 e. The third-order valence-corrected chi connectivity index (χ3v) is 2.50. The molecule has 3 N–H and O–H groups in total. The predicted molar refractivity (Wildman–Crippen MR) is 50.3 cm³/mol. The van der Waals surface area contributed by atoms with Crippen LogP contribution in [0.3, 0.4) is 0 Å². The fourth-order valence-corrected chi connectivity index (χ4v) is 1.66. The third-order valence-electron chi connectivity index (χ3n) is 2.50. The van der Waals surface area contributed by atoms with E-state index >= 15 is 0 Å². The number of hydrogen-bond donors (Lipinski definition) is 3. The van der Waals surface area contributed by atoms with Gasteiger partial charge in [0.25, 0.3) is 0 Å². The van der Waals surface area contributed by atoms with Crippen molar-refractivity contribution < 1.29 is 29.7 Å². The molecular formula is C7H8N4O6. The normalized spacial score (nSPS) is 27.3. The first-order valence-corrected chi connectivity index (χ1v) is 4.36. The molecule has 0 saturated carbocycles. The predicted octanol–water partition coefficient (Wildman–Crippen LogP) is -0.0430. The number of carboxylic acids is 2. The number of aliphatic carboxylic acids is 2. The highest BCUT2D eigenvalue weighted by molar-refractivity contribution is 5.87. The SMILES string of the molecule is [N-]=[N+]=N[C@]1(C(=O)O)C[C@@H](C(=O)O)N(C(=O)O)C1. The topological polar surface area (TPSA) is 164 Å². The van der Waals surface area contributed by atoms with Crippen LogP contribution in [-0.2, 0) is 9.59 Å². The Morgan fingerprint density at radius 2 is 1.94 bits per heavy atom. The van der Waals surface area contributed by atoms with Crippen molar-refractivity contribution in [2.75, 3.05) is 6.54 Å². The lowest BCUT2D eigenvalue weighted by Crippen LogP contribution is -2.41. The van der Waals surface area contributed by atoms with Crippen LogP contribution in [0, 0.1) is 0 Å². The molecule has 1 saturated heterocycles. The van der Waals surface area contributed by atoms with Gasteiger partial charge in [0.1, 0.15) is 6.04 Å². The van der Waals surface area contributed by atoms with Crippen molar-refractivity contribution in [2.24, 2.45) is 5.11 Å². The molecule has 0 aromatic heterocycles. The van der Waals surface area contributed by atoms with Gasteiger partial charge in [-0.25, -0.2) is 9.59 Å². The number of nitrogens with zero attached hydrogens (tertiary/aromatic N) is 4. The average Bonchev–Trinajstić information content (AvgIpc) is 2.59. The molecule has 0 radical (unpaired) electrons. The van der Waals surface area contributed by atoms with Gasteiger partial charge in [-0.2, -0.15) is 0 Å². The molecule has 92 valence electrons. The number of hydrogen-bond acceptors (Lipinski definition) is 4. The molecular weight excluding hydrogens is 236 g/mol. The van der Waals surface area contributed by atoms with Crippen LogP contribution in [0.25, 0.3) is 10.4 Å². The van der Waals surface area contributed by atoms with Crippen LogP contribution in [0.1, 0.15) is 6.42 Å². The fourth-order valence-electron chi connectivity index (χ4n) is 1.66. The summed E-state index contributed by atoms with van der Waals surface area (Å²) in [4.78, 5) is 35.3. The monoisotopic (exact) mass is 244 g/mol. The quantitative estimate of drug-likeness (QED) is 0.358. The molecule has 0 unspecified atom stereocenters. The Kier molecular flexibility index (Phi) is 3.09. The second-order valence-corrected chi connectivity index (χ2v) is 3.49. The van der Waals surface area contributed by atoms with Crippen LogP contribution < -0.4 is 0 Å². The summed E-state index contributed by atoms with van der Waals surface area (Å²) in [5, 5.41) is 29.5. The second kappa shape index (κ2) is 4.18. The van der Waals surface area contributed by atoms with Crippen LogP contribution in [0.15, 0.2) is 5.11 Å². The molecule has 17 heavy (non-hydrogen) atoms. The average molecular weight is 244 g/mol. The zero-order valence-electron chi connectivity index (χ0n) is 8.35. The van der Waals surface area contributed by atoms with E-state index in [0.29, 0.717) is 4.90 Å². The van der Waals surface area contributed by atoms with E-state index in [-0.39, 0.29) is 0 Å². The van der Waals surface area contributed by atoms with Gasteiger partial charge in [0, 0.05) is 17.9 Å². The van der Waals surface area contributed by atoms with Crippen LogP contribution >= 0.6 is 0 Å². The Balaban J connectivity index is 3.16. The Bertz CT molecular complexity index is 402. The van der Waals surface area contributed by atoms with Gasteiger partial charge in [0.15, 0.2) is 5.54 Å². The van der Waals surface area contributed by atoms with Gasteiger partial charge in [0.2, 0.25) is 0 Å². The van der Waals surface area contributed by atoms with Gasteiger partial charge < -0.3 is 15.3 Å². The molecule has 1 aliphatic rings. The van der Waals surface area contributed by atoms with Gasteiger partial charge in [-0.05, 0) is 5.53 Å². The van der Waals surface area contributed by atoms with Crippen LogP contribution in [-0.4, -0.2) is 56.4 Å². The molecule has 2 atom stereocenters. The fraction of sp³-hybridized carbons (Fsp3) is 0.571. The number of carboxylic acid groups (broad SMARTS) is 3. The van der Waals surface area contributed by atoms with E-state index in [0.717, 1.165) is 0 Å². The Hall–Kier alpha value is -2.48. The molecule has 0 aromatic carbocycles. The highest BCUT2D eigenvalue weighted by atomic mass is 16.4. The first kappa shape index (κ1) is 12.6. The van der Waals surface area contributed by atoms with Crippen LogP contribution in [0.2, 0.25) is 0 Å². The van der Waals surface area contributed by atoms with Crippen molar-refractivity contribution >= 4 is 18.0 Å². The minimum atomic E-state index is -2.06.